The minimum absolute atomic E-state index is 0.347. The normalized spacial score (nSPS) is 12.4. The molecule has 0 aliphatic carbocycles. The summed E-state index contributed by atoms with van der Waals surface area (Å²) in [4.78, 5) is 18.4. The Morgan fingerprint density at radius 3 is 2.71 bits per heavy atom. The number of amides is 1. The summed E-state index contributed by atoms with van der Waals surface area (Å²) < 4.78 is 2.32. The molecule has 0 bridgehead atoms. The van der Waals surface area contributed by atoms with Crippen LogP contribution in [0.1, 0.15) is 51.9 Å². The number of carbonyl (C=O) groups excluding carboxylic acids is 1. The first kappa shape index (κ1) is 22.1. The summed E-state index contributed by atoms with van der Waals surface area (Å²) in [7, 11) is 2.18. The van der Waals surface area contributed by atoms with Gasteiger partial charge in [0.1, 0.15) is 5.82 Å². The first-order valence-corrected chi connectivity index (χ1v) is 10.0. The van der Waals surface area contributed by atoms with Crippen LogP contribution in [-0.2, 0) is 17.8 Å². The van der Waals surface area contributed by atoms with Crippen LogP contribution in [0, 0.1) is 5.41 Å². The highest BCUT2D eigenvalue weighted by Crippen LogP contribution is 2.21. The minimum Gasteiger partial charge on any atom is -0.327 e. The summed E-state index contributed by atoms with van der Waals surface area (Å²) >= 11 is 0. The van der Waals surface area contributed by atoms with Gasteiger partial charge in [0, 0.05) is 25.6 Å². The van der Waals surface area contributed by atoms with Gasteiger partial charge >= 0.3 is 0 Å². The molecule has 0 aliphatic heterocycles. The number of hydroxylamine groups is 1. The highest BCUT2D eigenvalue weighted by molar-refractivity contribution is 5.91. The molecular weight excluding hydrogens is 352 g/mol. The van der Waals surface area contributed by atoms with Crippen molar-refractivity contribution < 1.29 is 10.0 Å². The van der Waals surface area contributed by atoms with Crippen molar-refractivity contribution in [2.24, 2.45) is 5.41 Å². The van der Waals surface area contributed by atoms with E-state index in [0.29, 0.717) is 5.41 Å². The zero-order valence-electron chi connectivity index (χ0n) is 17.8. The number of nitrogens with zero attached hydrogens (tertiary/aromatic N) is 3. The van der Waals surface area contributed by atoms with Crippen molar-refractivity contribution in [2.75, 3.05) is 20.1 Å². The van der Waals surface area contributed by atoms with Crippen LogP contribution >= 0.6 is 0 Å². The quantitative estimate of drug-likeness (QED) is 0.390. The third-order valence-corrected chi connectivity index (χ3v) is 4.81. The van der Waals surface area contributed by atoms with Gasteiger partial charge in [0.25, 0.3) is 5.91 Å². The molecule has 0 atom stereocenters. The van der Waals surface area contributed by atoms with Crippen LogP contribution in [0.15, 0.2) is 24.3 Å². The van der Waals surface area contributed by atoms with Crippen molar-refractivity contribution in [3.8, 4) is 0 Å². The molecule has 154 valence electrons. The Labute approximate surface area is 168 Å². The van der Waals surface area contributed by atoms with Crippen molar-refractivity contribution >= 4 is 23.0 Å². The number of aryl methyl sites for hydroxylation is 1. The van der Waals surface area contributed by atoms with Gasteiger partial charge in [0.2, 0.25) is 0 Å². The number of aromatic nitrogens is 2. The molecule has 6 heteroatoms. The summed E-state index contributed by atoms with van der Waals surface area (Å²) in [6.07, 6.45) is 6.14. The number of rotatable bonds is 9. The largest absolute Gasteiger partial charge is 0.327 e. The Balaban J connectivity index is 2.18. The predicted molar refractivity (Wildman–Crippen MR) is 114 cm³/mol. The van der Waals surface area contributed by atoms with E-state index >= 15 is 0 Å². The topological polar surface area (TPSA) is 70.4 Å². The number of carbonyl (C=O) groups is 1. The van der Waals surface area contributed by atoms with Crippen molar-refractivity contribution in [1.29, 1.82) is 0 Å². The molecule has 2 rings (SSSR count). The molecule has 1 heterocycles. The van der Waals surface area contributed by atoms with Crippen LogP contribution in [0.3, 0.4) is 0 Å². The Morgan fingerprint density at radius 1 is 1.32 bits per heavy atom. The van der Waals surface area contributed by atoms with Gasteiger partial charge in [-0.1, -0.05) is 33.8 Å². The first-order chi connectivity index (χ1) is 13.2. The number of hydrogen-bond acceptors (Lipinski definition) is 4. The lowest BCUT2D eigenvalue weighted by atomic mass is 9.92. The van der Waals surface area contributed by atoms with Crippen molar-refractivity contribution in [1.82, 2.24) is 19.9 Å². The van der Waals surface area contributed by atoms with Crippen molar-refractivity contribution in [2.45, 2.75) is 53.5 Å². The van der Waals surface area contributed by atoms with Crippen molar-refractivity contribution in [3.63, 3.8) is 0 Å². The minimum atomic E-state index is -0.546. The second-order valence-corrected chi connectivity index (χ2v) is 8.60. The average Bonchev–Trinajstić information content (AvgIpc) is 2.98. The smallest absolute Gasteiger partial charge is 0.267 e. The molecular formula is C22H34N4O2. The summed E-state index contributed by atoms with van der Waals surface area (Å²) in [6, 6.07) is 6.02. The van der Waals surface area contributed by atoms with Gasteiger partial charge in [-0.2, -0.15) is 0 Å². The zero-order chi connectivity index (χ0) is 20.7. The maximum Gasteiger partial charge on any atom is 0.267 e. The summed E-state index contributed by atoms with van der Waals surface area (Å²) in [6.45, 7) is 12.0. The monoisotopic (exact) mass is 386 g/mol. The number of nitrogens with one attached hydrogen (secondary N) is 1. The van der Waals surface area contributed by atoms with E-state index in [1.807, 2.05) is 12.1 Å². The second-order valence-electron chi connectivity index (χ2n) is 8.60. The fraction of sp³-hybridized carbons (Fsp3) is 0.545. The lowest BCUT2D eigenvalue weighted by Crippen LogP contribution is -2.27. The van der Waals surface area contributed by atoms with Crippen LogP contribution in [-0.4, -0.2) is 45.7 Å². The second kappa shape index (κ2) is 9.85. The maximum absolute atomic E-state index is 11.2. The molecule has 0 spiro atoms. The molecule has 0 unspecified atom stereocenters. The van der Waals surface area contributed by atoms with Crippen LogP contribution in [0.5, 0.6) is 0 Å². The molecule has 2 aromatic rings. The average molecular weight is 387 g/mol. The Kier molecular flexibility index (Phi) is 7.78. The number of benzene rings is 1. The molecule has 0 saturated carbocycles. The van der Waals surface area contributed by atoms with Gasteiger partial charge in [0.05, 0.1) is 11.0 Å². The molecule has 6 nitrogen and oxygen atoms in total. The highest BCUT2D eigenvalue weighted by Gasteiger charge is 2.14. The molecule has 1 amide bonds. The van der Waals surface area contributed by atoms with E-state index in [2.05, 4.69) is 50.3 Å². The van der Waals surface area contributed by atoms with Gasteiger partial charge in [0.15, 0.2) is 0 Å². The molecule has 1 aromatic heterocycles. The molecule has 0 saturated heterocycles. The van der Waals surface area contributed by atoms with Crippen molar-refractivity contribution in [3.05, 3.63) is 35.7 Å². The number of hydrogen-bond donors (Lipinski definition) is 2. The Bertz CT molecular complexity index is 818. The number of fused-ring (bicyclic) bond motifs is 1. The van der Waals surface area contributed by atoms with E-state index in [-0.39, 0.29) is 0 Å². The lowest BCUT2D eigenvalue weighted by Gasteiger charge is -2.24. The van der Waals surface area contributed by atoms with Gasteiger partial charge in [-0.05, 0) is 55.6 Å². The maximum atomic E-state index is 11.2. The highest BCUT2D eigenvalue weighted by atomic mass is 16.5. The van der Waals surface area contributed by atoms with Gasteiger partial charge in [-0.3, -0.25) is 10.0 Å². The Hall–Kier alpha value is -2.18. The molecule has 2 N–H and O–H groups in total. The number of imidazole rings is 1. The lowest BCUT2D eigenvalue weighted by molar-refractivity contribution is -0.124. The van der Waals surface area contributed by atoms with Gasteiger partial charge in [-0.15, -0.1) is 0 Å². The molecule has 1 aromatic carbocycles. The number of likely N-dealkylation sites (N-methyl/N-ethyl adjacent to an activating group) is 1. The standard InChI is InChI=1S/C22H34N4O2/c1-6-7-20-23-18-16-17(9-11-21(27)24-28)8-10-19(18)26(20)15-14-25(5)13-12-22(2,3)4/h8-11,16,28H,6-7,12-15H2,1-5H3,(H,24,27). The fourth-order valence-corrected chi connectivity index (χ4v) is 3.08. The summed E-state index contributed by atoms with van der Waals surface area (Å²) in [5.74, 6) is 0.562. The third-order valence-electron chi connectivity index (χ3n) is 4.81. The first-order valence-electron chi connectivity index (χ1n) is 10.0. The van der Waals surface area contributed by atoms with E-state index in [1.54, 1.807) is 11.6 Å². The fourth-order valence-electron chi connectivity index (χ4n) is 3.08. The van der Waals surface area contributed by atoms with E-state index in [9.17, 15) is 4.79 Å². The van der Waals surface area contributed by atoms with Crippen LogP contribution in [0.4, 0.5) is 0 Å². The van der Waals surface area contributed by atoms with E-state index in [4.69, 9.17) is 10.2 Å². The van der Waals surface area contributed by atoms with E-state index in [1.165, 1.54) is 12.5 Å². The third kappa shape index (κ3) is 6.46. The molecule has 0 fully saturated rings. The van der Waals surface area contributed by atoms with E-state index < -0.39 is 5.91 Å². The summed E-state index contributed by atoms with van der Waals surface area (Å²) in [5, 5.41) is 8.60. The van der Waals surface area contributed by atoms with Gasteiger partial charge < -0.3 is 9.47 Å². The SMILES string of the molecule is CCCc1nc2cc(C=CC(=O)NO)ccc2n1CCN(C)CCC(C)(C)C. The molecule has 0 radical (unpaired) electrons. The Morgan fingerprint density at radius 2 is 2.07 bits per heavy atom. The summed E-state index contributed by atoms with van der Waals surface area (Å²) in [5.41, 5.74) is 4.89. The van der Waals surface area contributed by atoms with Crippen LogP contribution in [0.25, 0.3) is 17.1 Å². The van der Waals surface area contributed by atoms with E-state index in [0.717, 1.165) is 54.9 Å². The van der Waals surface area contributed by atoms with Crippen LogP contribution < -0.4 is 5.48 Å². The predicted octanol–water partition coefficient (Wildman–Crippen LogP) is 3.88. The zero-order valence-corrected chi connectivity index (χ0v) is 17.8. The molecule has 0 aliphatic rings. The van der Waals surface area contributed by atoms with Gasteiger partial charge in [-0.25, -0.2) is 10.5 Å². The molecule has 28 heavy (non-hydrogen) atoms. The van der Waals surface area contributed by atoms with Crippen LogP contribution in [0.2, 0.25) is 0 Å².